The molecule has 0 amide bonds. The van der Waals surface area contributed by atoms with Crippen LogP contribution >= 0.6 is 0 Å². The molecule has 0 radical (unpaired) electrons. The maximum absolute atomic E-state index is 14.6. The predicted octanol–water partition coefficient (Wildman–Crippen LogP) is 3.12. The van der Waals surface area contributed by atoms with Crippen LogP contribution in [0.4, 0.5) is 10.1 Å². The molecule has 1 aliphatic heterocycles. The zero-order chi connectivity index (χ0) is 20.8. The highest BCUT2D eigenvalue weighted by atomic mass is 19.1. The minimum absolute atomic E-state index is 0.0466. The molecular formula is C22H23FN6O. The molecule has 0 saturated carbocycles. The van der Waals surface area contributed by atoms with Crippen LogP contribution in [0.15, 0.2) is 41.7 Å². The highest BCUT2D eigenvalue weighted by molar-refractivity contribution is 5.94. The molecule has 2 N–H and O–H groups in total. The number of benzene rings is 1. The third-order valence-electron chi connectivity index (χ3n) is 5.82. The van der Waals surface area contributed by atoms with Crippen LogP contribution in [-0.4, -0.2) is 39.1 Å². The summed E-state index contributed by atoms with van der Waals surface area (Å²) in [6.45, 7) is 3.63. The molecular weight excluding hydrogens is 383 g/mol. The number of piperidine rings is 1. The second-order valence-corrected chi connectivity index (χ2v) is 7.80. The number of imidazole rings is 1. The van der Waals surface area contributed by atoms with Crippen molar-refractivity contribution in [1.29, 1.82) is 0 Å². The van der Waals surface area contributed by atoms with Gasteiger partial charge < -0.3 is 15.0 Å². The van der Waals surface area contributed by atoms with Gasteiger partial charge in [-0.2, -0.15) is 0 Å². The van der Waals surface area contributed by atoms with Crippen molar-refractivity contribution in [3.05, 3.63) is 58.8 Å². The van der Waals surface area contributed by atoms with Crippen LogP contribution in [0.5, 0.6) is 0 Å². The number of aryl methyl sites for hydroxylation is 1. The number of nitrogens with one attached hydrogen (secondary N) is 2. The van der Waals surface area contributed by atoms with E-state index in [1.807, 2.05) is 25.3 Å². The molecule has 1 aromatic carbocycles. The number of hydrogen-bond acceptors (Lipinski definition) is 5. The van der Waals surface area contributed by atoms with Gasteiger partial charge in [-0.15, -0.1) is 0 Å². The van der Waals surface area contributed by atoms with Crippen molar-refractivity contribution in [2.75, 3.05) is 25.5 Å². The molecule has 0 unspecified atom stereocenters. The van der Waals surface area contributed by atoms with Crippen molar-refractivity contribution in [3.63, 3.8) is 0 Å². The number of halogens is 1. The van der Waals surface area contributed by atoms with Crippen LogP contribution in [0.1, 0.15) is 24.6 Å². The normalized spacial score (nSPS) is 15.2. The maximum Gasteiger partial charge on any atom is 0.263 e. The molecule has 0 atom stereocenters. The molecule has 154 valence electrons. The number of nitrogens with zero attached hydrogens (tertiary/aromatic N) is 4. The van der Waals surface area contributed by atoms with E-state index in [0.717, 1.165) is 37.2 Å². The Labute approximate surface area is 172 Å². The van der Waals surface area contributed by atoms with E-state index >= 15 is 0 Å². The molecule has 30 heavy (non-hydrogen) atoms. The molecule has 0 spiro atoms. The summed E-state index contributed by atoms with van der Waals surface area (Å²) in [7, 11) is 1.78. The van der Waals surface area contributed by atoms with Gasteiger partial charge >= 0.3 is 0 Å². The summed E-state index contributed by atoms with van der Waals surface area (Å²) in [6, 6.07) is 5.34. The first kappa shape index (κ1) is 18.7. The Balaban J connectivity index is 1.67. The van der Waals surface area contributed by atoms with E-state index in [1.165, 1.54) is 6.07 Å². The molecule has 8 heteroatoms. The van der Waals surface area contributed by atoms with Crippen LogP contribution < -0.4 is 16.2 Å². The van der Waals surface area contributed by atoms with E-state index in [-0.39, 0.29) is 17.4 Å². The van der Waals surface area contributed by atoms with E-state index in [9.17, 15) is 9.18 Å². The molecule has 1 saturated heterocycles. The molecule has 5 rings (SSSR count). The highest BCUT2D eigenvalue weighted by Crippen LogP contribution is 2.30. The fourth-order valence-electron chi connectivity index (χ4n) is 4.31. The van der Waals surface area contributed by atoms with Gasteiger partial charge in [0, 0.05) is 36.7 Å². The molecule has 7 nitrogen and oxygen atoms in total. The quantitative estimate of drug-likeness (QED) is 0.547. The van der Waals surface area contributed by atoms with Gasteiger partial charge in [-0.25, -0.2) is 14.4 Å². The second-order valence-electron chi connectivity index (χ2n) is 7.80. The molecule has 1 fully saturated rings. The van der Waals surface area contributed by atoms with Crippen LogP contribution in [0, 0.1) is 12.7 Å². The fraction of sp³-hybridized carbons (Fsp3) is 0.318. The minimum Gasteiger partial charge on any atom is -0.387 e. The highest BCUT2D eigenvalue weighted by Gasteiger charge is 2.19. The SMILES string of the molecule is CNc1cc(-c2cc(F)c3nc(C)cn3c2)cc2ncn(C3CCNCC3)c(=O)c12. The number of aromatic nitrogens is 4. The zero-order valence-electron chi connectivity index (χ0n) is 16.9. The Kier molecular flexibility index (Phi) is 4.51. The summed E-state index contributed by atoms with van der Waals surface area (Å²) in [5, 5.41) is 7.01. The van der Waals surface area contributed by atoms with Gasteiger partial charge in [-0.1, -0.05) is 0 Å². The Hall–Kier alpha value is -3.26. The monoisotopic (exact) mass is 406 g/mol. The van der Waals surface area contributed by atoms with Gasteiger partial charge in [-0.3, -0.25) is 9.36 Å². The minimum atomic E-state index is -0.388. The zero-order valence-corrected chi connectivity index (χ0v) is 16.9. The van der Waals surface area contributed by atoms with E-state index in [4.69, 9.17) is 0 Å². The third kappa shape index (κ3) is 3.04. The van der Waals surface area contributed by atoms with Gasteiger partial charge in [0.1, 0.15) is 0 Å². The van der Waals surface area contributed by atoms with E-state index < -0.39 is 0 Å². The lowest BCUT2D eigenvalue weighted by Crippen LogP contribution is -2.34. The first-order valence-electron chi connectivity index (χ1n) is 10.1. The molecule has 0 bridgehead atoms. The lowest BCUT2D eigenvalue weighted by molar-refractivity contribution is 0.359. The van der Waals surface area contributed by atoms with Crippen molar-refractivity contribution < 1.29 is 4.39 Å². The first-order valence-corrected chi connectivity index (χ1v) is 10.1. The summed E-state index contributed by atoms with van der Waals surface area (Å²) in [6.07, 6.45) is 7.09. The lowest BCUT2D eigenvalue weighted by Gasteiger charge is -2.24. The average Bonchev–Trinajstić information content (AvgIpc) is 3.14. The molecule has 1 aliphatic rings. The van der Waals surface area contributed by atoms with E-state index in [1.54, 1.807) is 28.5 Å². The van der Waals surface area contributed by atoms with Crippen LogP contribution in [0.3, 0.4) is 0 Å². The van der Waals surface area contributed by atoms with Gasteiger partial charge in [0.15, 0.2) is 11.5 Å². The number of anilines is 1. The Morgan fingerprint density at radius 3 is 2.73 bits per heavy atom. The summed E-state index contributed by atoms with van der Waals surface area (Å²) in [5.74, 6) is -0.388. The largest absolute Gasteiger partial charge is 0.387 e. The molecule has 0 aliphatic carbocycles. The average molecular weight is 406 g/mol. The first-order chi connectivity index (χ1) is 14.5. The summed E-state index contributed by atoms with van der Waals surface area (Å²) in [4.78, 5) is 22.1. The summed E-state index contributed by atoms with van der Waals surface area (Å²) >= 11 is 0. The van der Waals surface area contributed by atoms with Crippen molar-refractivity contribution in [3.8, 4) is 11.1 Å². The number of pyridine rings is 1. The van der Waals surface area contributed by atoms with E-state index in [2.05, 4.69) is 20.6 Å². The lowest BCUT2D eigenvalue weighted by atomic mass is 10.0. The number of rotatable bonds is 3. The van der Waals surface area contributed by atoms with E-state index in [0.29, 0.717) is 27.8 Å². The van der Waals surface area contributed by atoms with Crippen LogP contribution in [0.25, 0.3) is 27.7 Å². The smallest absolute Gasteiger partial charge is 0.263 e. The Bertz CT molecular complexity index is 1320. The molecule has 3 aromatic heterocycles. The fourth-order valence-corrected chi connectivity index (χ4v) is 4.31. The molecule has 4 heterocycles. The second kappa shape index (κ2) is 7.21. The van der Waals surface area contributed by atoms with Gasteiger partial charge in [-0.05, 0) is 56.6 Å². The Morgan fingerprint density at radius 1 is 1.17 bits per heavy atom. The van der Waals surface area contributed by atoms with Crippen molar-refractivity contribution >= 4 is 22.2 Å². The van der Waals surface area contributed by atoms with Crippen molar-refractivity contribution in [2.45, 2.75) is 25.8 Å². The van der Waals surface area contributed by atoms with Crippen molar-refractivity contribution in [2.24, 2.45) is 0 Å². The third-order valence-corrected chi connectivity index (χ3v) is 5.82. The van der Waals surface area contributed by atoms with Gasteiger partial charge in [0.05, 0.1) is 22.9 Å². The van der Waals surface area contributed by atoms with Crippen LogP contribution in [0.2, 0.25) is 0 Å². The van der Waals surface area contributed by atoms with Gasteiger partial charge in [0.25, 0.3) is 5.56 Å². The topological polar surface area (TPSA) is 76.2 Å². The number of hydrogen-bond donors (Lipinski definition) is 2. The Morgan fingerprint density at radius 2 is 1.97 bits per heavy atom. The van der Waals surface area contributed by atoms with Crippen LogP contribution in [-0.2, 0) is 0 Å². The maximum atomic E-state index is 14.6. The summed E-state index contributed by atoms with van der Waals surface area (Å²) < 4.78 is 18.0. The predicted molar refractivity (Wildman–Crippen MR) is 116 cm³/mol. The number of fused-ring (bicyclic) bond motifs is 2. The standard InChI is InChI=1S/C22H23FN6O/c1-13-10-28-11-15(7-17(23)21(28)27-13)14-8-18(24-2)20-19(9-14)26-12-29(22(20)30)16-3-5-25-6-4-16/h7-12,16,24-25H,3-6H2,1-2H3. The van der Waals surface area contributed by atoms with Gasteiger partial charge in [0.2, 0.25) is 0 Å². The van der Waals surface area contributed by atoms with Crippen molar-refractivity contribution in [1.82, 2.24) is 24.3 Å². The summed E-state index contributed by atoms with van der Waals surface area (Å²) in [5.41, 5.74) is 3.76. The molecule has 4 aromatic rings.